The Labute approximate surface area is 123 Å². The first-order valence-corrected chi connectivity index (χ1v) is 6.41. The van der Waals surface area contributed by atoms with Gasteiger partial charge in [-0.2, -0.15) is 0 Å². The normalized spacial score (nSPS) is 12.5. The summed E-state index contributed by atoms with van der Waals surface area (Å²) in [6.07, 6.45) is 0. The number of hydrogen-bond acceptors (Lipinski definition) is 2. The van der Waals surface area contributed by atoms with Gasteiger partial charge < -0.3 is 11.1 Å². The number of nitrogens with two attached hydrogens (primary N) is 1. The maximum Gasteiger partial charge on any atom is 0.236 e. The summed E-state index contributed by atoms with van der Waals surface area (Å²) in [6, 6.07) is 7.64. The molecule has 0 aliphatic rings. The minimum absolute atomic E-state index is 0. The van der Waals surface area contributed by atoms with Crippen LogP contribution in [0.5, 0.6) is 0 Å². The average Bonchev–Trinajstić information content (AvgIpc) is 2.26. The number of amides is 1. The van der Waals surface area contributed by atoms with Crippen LogP contribution in [0.15, 0.2) is 28.7 Å². The molecule has 0 aromatic heterocycles. The molecular formula is C13H20BrClN2O. The molecule has 3 nitrogen and oxygen atoms in total. The van der Waals surface area contributed by atoms with E-state index in [4.69, 9.17) is 5.73 Å². The number of carbonyl (C=O) groups is 1. The Morgan fingerprint density at radius 1 is 1.50 bits per heavy atom. The molecule has 18 heavy (non-hydrogen) atoms. The average molecular weight is 336 g/mol. The largest absolute Gasteiger partial charge is 0.354 e. The van der Waals surface area contributed by atoms with E-state index in [2.05, 4.69) is 47.2 Å². The van der Waals surface area contributed by atoms with Gasteiger partial charge in [0.05, 0.1) is 6.04 Å². The lowest BCUT2D eigenvalue weighted by Gasteiger charge is -2.26. The number of rotatable bonds is 4. The molecule has 0 aliphatic heterocycles. The van der Waals surface area contributed by atoms with Crippen molar-refractivity contribution in [2.24, 2.45) is 5.73 Å². The van der Waals surface area contributed by atoms with Crippen LogP contribution in [0.1, 0.15) is 26.3 Å². The SMILES string of the molecule is C[C@H](N)C(=O)NCC(C)(C)c1cccc(Br)c1.Cl. The maximum absolute atomic E-state index is 11.4. The number of carbonyl (C=O) groups excluding carboxylic acids is 1. The molecule has 0 heterocycles. The molecule has 0 spiro atoms. The summed E-state index contributed by atoms with van der Waals surface area (Å²) >= 11 is 3.45. The Morgan fingerprint density at radius 3 is 2.61 bits per heavy atom. The maximum atomic E-state index is 11.4. The fourth-order valence-electron chi connectivity index (χ4n) is 1.48. The third-order valence-corrected chi connectivity index (χ3v) is 3.22. The van der Waals surface area contributed by atoms with Crippen LogP contribution in [-0.2, 0) is 10.2 Å². The summed E-state index contributed by atoms with van der Waals surface area (Å²) in [4.78, 5) is 11.4. The van der Waals surface area contributed by atoms with Gasteiger partial charge in [0.2, 0.25) is 5.91 Å². The van der Waals surface area contributed by atoms with Crippen molar-refractivity contribution in [3.05, 3.63) is 34.3 Å². The van der Waals surface area contributed by atoms with Crippen molar-refractivity contribution in [1.29, 1.82) is 0 Å². The van der Waals surface area contributed by atoms with Crippen LogP contribution in [0, 0.1) is 0 Å². The quantitative estimate of drug-likeness (QED) is 0.888. The van der Waals surface area contributed by atoms with E-state index in [1.165, 1.54) is 5.56 Å². The van der Waals surface area contributed by atoms with E-state index in [1.54, 1.807) is 6.92 Å². The van der Waals surface area contributed by atoms with E-state index >= 15 is 0 Å². The zero-order valence-electron chi connectivity index (χ0n) is 10.9. The van der Waals surface area contributed by atoms with E-state index in [0.29, 0.717) is 6.54 Å². The molecule has 1 aromatic rings. The Balaban J connectivity index is 0.00000289. The lowest BCUT2D eigenvalue weighted by atomic mass is 9.84. The van der Waals surface area contributed by atoms with Crippen LogP contribution >= 0.6 is 28.3 Å². The molecule has 1 atom stereocenters. The first kappa shape index (κ1) is 17.4. The molecule has 1 amide bonds. The highest BCUT2D eigenvalue weighted by Crippen LogP contribution is 2.24. The Hall–Kier alpha value is -0.580. The first-order valence-electron chi connectivity index (χ1n) is 5.62. The van der Waals surface area contributed by atoms with Gasteiger partial charge in [-0.15, -0.1) is 12.4 Å². The minimum atomic E-state index is -0.465. The van der Waals surface area contributed by atoms with Crippen molar-refractivity contribution in [1.82, 2.24) is 5.32 Å². The second-order valence-electron chi connectivity index (χ2n) is 4.90. The molecule has 0 unspecified atom stereocenters. The van der Waals surface area contributed by atoms with Crippen molar-refractivity contribution in [3.8, 4) is 0 Å². The molecule has 0 saturated carbocycles. The fraction of sp³-hybridized carbons (Fsp3) is 0.462. The summed E-state index contributed by atoms with van der Waals surface area (Å²) in [7, 11) is 0. The second kappa shape index (κ2) is 7.12. The summed E-state index contributed by atoms with van der Waals surface area (Å²) in [6.45, 7) is 6.44. The molecule has 0 bridgehead atoms. The van der Waals surface area contributed by atoms with Gasteiger partial charge in [-0.3, -0.25) is 4.79 Å². The smallest absolute Gasteiger partial charge is 0.236 e. The lowest BCUT2D eigenvalue weighted by Crippen LogP contribution is -2.43. The monoisotopic (exact) mass is 334 g/mol. The van der Waals surface area contributed by atoms with Crippen molar-refractivity contribution < 1.29 is 4.79 Å². The molecule has 3 N–H and O–H groups in total. The lowest BCUT2D eigenvalue weighted by molar-refractivity contribution is -0.122. The summed E-state index contributed by atoms with van der Waals surface area (Å²) in [5, 5.41) is 2.86. The minimum Gasteiger partial charge on any atom is -0.354 e. The van der Waals surface area contributed by atoms with E-state index in [9.17, 15) is 4.79 Å². The highest BCUT2D eigenvalue weighted by molar-refractivity contribution is 9.10. The van der Waals surface area contributed by atoms with Crippen LogP contribution in [0.3, 0.4) is 0 Å². The molecule has 1 aromatic carbocycles. The van der Waals surface area contributed by atoms with E-state index in [-0.39, 0.29) is 23.7 Å². The van der Waals surface area contributed by atoms with E-state index in [0.717, 1.165) is 4.47 Å². The topological polar surface area (TPSA) is 55.1 Å². The summed E-state index contributed by atoms with van der Waals surface area (Å²) in [5.74, 6) is -0.118. The van der Waals surface area contributed by atoms with Crippen LogP contribution in [0.2, 0.25) is 0 Å². The Kier molecular flexibility index (Phi) is 6.89. The highest BCUT2D eigenvalue weighted by Gasteiger charge is 2.22. The van der Waals surface area contributed by atoms with E-state index < -0.39 is 6.04 Å². The number of hydrogen-bond donors (Lipinski definition) is 2. The van der Waals surface area contributed by atoms with E-state index in [1.807, 2.05) is 12.1 Å². The number of nitrogens with one attached hydrogen (secondary N) is 1. The van der Waals surface area contributed by atoms with Gasteiger partial charge in [-0.05, 0) is 24.6 Å². The Morgan fingerprint density at radius 2 is 2.11 bits per heavy atom. The van der Waals surface area contributed by atoms with Gasteiger partial charge >= 0.3 is 0 Å². The molecule has 0 fully saturated rings. The molecular weight excluding hydrogens is 316 g/mol. The first-order chi connectivity index (χ1) is 7.83. The molecule has 0 radical (unpaired) electrons. The van der Waals surface area contributed by atoms with Crippen LogP contribution in [0.4, 0.5) is 0 Å². The fourth-order valence-corrected chi connectivity index (χ4v) is 1.88. The molecule has 0 saturated heterocycles. The summed E-state index contributed by atoms with van der Waals surface area (Å²) in [5.41, 5.74) is 6.57. The highest BCUT2D eigenvalue weighted by atomic mass is 79.9. The van der Waals surface area contributed by atoms with Gasteiger partial charge in [0.15, 0.2) is 0 Å². The van der Waals surface area contributed by atoms with Crippen molar-refractivity contribution in [2.75, 3.05) is 6.54 Å². The third kappa shape index (κ3) is 4.96. The van der Waals surface area contributed by atoms with Crippen molar-refractivity contribution in [2.45, 2.75) is 32.2 Å². The van der Waals surface area contributed by atoms with Crippen molar-refractivity contribution >= 4 is 34.2 Å². The zero-order valence-corrected chi connectivity index (χ0v) is 13.3. The van der Waals surface area contributed by atoms with Gasteiger partial charge in [-0.25, -0.2) is 0 Å². The third-order valence-electron chi connectivity index (χ3n) is 2.72. The number of halogens is 2. The predicted molar refractivity (Wildman–Crippen MR) is 81.1 cm³/mol. The standard InChI is InChI=1S/C13H19BrN2O.ClH/c1-9(15)12(17)16-8-13(2,3)10-5-4-6-11(14)7-10;/h4-7,9H,8,15H2,1-3H3,(H,16,17);1H/t9-;/m0./s1. The second-order valence-corrected chi connectivity index (χ2v) is 5.82. The predicted octanol–water partition coefficient (Wildman–Crippen LogP) is 2.61. The van der Waals surface area contributed by atoms with Gasteiger partial charge in [0.25, 0.3) is 0 Å². The molecule has 1 rings (SSSR count). The zero-order chi connectivity index (χ0) is 13.1. The van der Waals surface area contributed by atoms with Gasteiger partial charge in [-0.1, -0.05) is 41.9 Å². The summed E-state index contributed by atoms with van der Waals surface area (Å²) < 4.78 is 1.04. The Bertz CT molecular complexity index is 408. The van der Waals surface area contributed by atoms with Crippen molar-refractivity contribution in [3.63, 3.8) is 0 Å². The van der Waals surface area contributed by atoms with Crippen LogP contribution in [0.25, 0.3) is 0 Å². The van der Waals surface area contributed by atoms with Gasteiger partial charge in [0.1, 0.15) is 0 Å². The van der Waals surface area contributed by atoms with Crippen LogP contribution < -0.4 is 11.1 Å². The molecule has 5 heteroatoms. The van der Waals surface area contributed by atoms with Gasteiger partial charge in [0, 0.05) is 16.4 Å². The molecule has 102 valence electrons. The van der Waals surface area contributed by atoms with Crippen LogP contribution in [-0.4, -0.2) is 18.5 Å². The number of benzene rings is 1. The molecule has 0 aliphatic carbocycles.